The number of nitriles is 1. The molecule has 3 nitrogen and oxygen atoms in total. The first-order valence-corrected chi connectivity index (χ1v) is 7.32. The zero-order valence-electron chi connectivity index (χ0n) is 12.4. The summed E-state index contributed by atoms with van der Waals surface area (Å²) in [4.78, 5) is 4.34. The molecule has 0 amide bonds. The summed E-state index contributed by atoms with van der Waals surface area (Å²) in [7, 11) is 0. The van der Waals surface area contributed by atoms with Crippen LogP contribution in [0.4, 0.5) is 0 Å². The van der Waals surface area contributed by atoms with E-state index >= 15 is 0 Å². The summed E-state index contributed by atoms with van der Waals surface area (Å²) < 4.78 is 6.20. The van der Waals surface area contributed by atoms with Crippen molar-refractivity contribution in [3.8, 4) is 11.8 Å². The predicted octanol–water partition coefficient (Wildman–Crippen LogP) is 4.03. The van der Waals surface area contributed by atoms with Gasteiger partial charge in [0, 0.05) is 11.8 Å². The summed E-state index contributed by atoms with van der Waals surface area (Å²) in [6.07, 6.45) is 3.24. The lowest BCUT2D eigenvalue weighted by Gasteiger charge is -2.27. The zero-order chi connectivity index (χ0) is 14.8. The Bertz CT molecular complexity index is 716. The minimum absolute atomic E-state index is 0.0308. The van der Waals surface area contributed by atoms with Crippen molar-refractivity contribution in [2.45, 2.75) is 39.2 Å². The van der Waals surface area contributed by atoms with E-state index in [4.69, 9.17) is 4.74 Å². The molecule has 21 heavy (non-hydrogen) atoms. The number of hydrogen-bond acceptors (Lipinski definition) is 3. The average Bonchev–Trinajstić information content (AvgIpc) is 2.47. The highest BCUT2D eigenvalue weighted by molar-refractivity contribution is 5.47. The topological polar surface area (TPSA) is 45.9 Å². The Labute approximate surface area is 125 Å². The number of hydrogen-bond donors (Lipinski definition) is 0. The SMILES string of the molecule is Cc1cc(OC2CCCc3ccccc32)c(C#N)c(C)n1. The zero-order valence-corrected chi connectivity index (χ0v) is 12.4. The molecule has 0 aliphatic heterocycles. The van der Waals surface area contributed by atoms with Crippen molar-refractivity contribution >= 4 is 0 Å². The summed E-state index contributed by atoms with van der Waals surface area (Å²) in [5.41, 5.74) is 4.76. The molecular weight excluding hydrogens is 260 g/mol. The van der Waals surface area contributed by atoms with Gasteiger partial charge in [0.1, 0.15) is 23.5 Å². The maximum atomic E-state index is 9.34. The number of rotatable bonds is 2. The van der Waals surface area contributed by atoms with E-state index in [0.29, 0.717) is 11.3 Å². The molecule has 1 aliphatic carbocycles. The third-order valence-corrected chi connectivity index (χ3v) is 3.99. The second kappa shape index (κ2) is 5.57. The van der Waals surface area contributed by atoms with Crippen molar-refractivity contribution in [2.75, 3.05) is 0 Å². The number of pyridine rings is 1. The van der Waals surface area contributed by atoms with Crippen LogP contribution in [0.15, 0.2) is 30.3 Å². The van der Waals surface area contributed by atoms with Crippen LogP contribution in [0.3, 0.4) is 0 Å². The van der Waals surface area contributed by atoms with Crippen LogP contribution in [0.25, 0.3) is 0 Å². The monoisotopic (exact) mass is 278 g/mol. The first-order chi connectivity index (χ1) is 10.2. The van der Waals surface area contributed by atoms with Gasteiger partial charge in [0.25, 0.3) is 0 Å². The van der Waals surface area contributed by atoms with Gasteiger partial charge in [-0.15, -0.1) is 0 Å². The third kappa shape index (κ3) is 2.62. The molecule has 1 atom stereocenters. The Kier molecular flexibility index (Phi) is 3.62. The quantitative estimate of drug-likeness (QED) is 0.833. The van der Waals surface area contributed by atoms with Crippen molar-refractivity contribution in [2.24, 2.45) is 0 Å². The van der Waals surface area contributed by atoms with Crippen molar-refractivity contribution in [3.63, 3.8) is 0 Å². The number of aromatic nitrogens is 1. The molecule has 3 heteroatoms. The number of aryl methyl sites for hydroxylation is 3. The standard InChI is InChI=1S/C18H18N2O/c1-12-10-18(16(11-19)13(2)20-12)21-17-9-5-7-14-6-3-4-8-15(14)17/h3-4,6,8,10,17H,5,7,9H2,1-2H3. The number of ether oxygens (including phenoxy) is 1. The molecular formula is C18H18N2O. The third-order valence-electron chi connectivity index (χ3n) is 3.99. The molecule has 1 aliphatic rings. The van der Waals surface area contributed by atoms with Crippen LogP contribution in [0.5, 0.6) is 5.75 Å². The van der Waals surface area contributed by atoms with Crippen LogP contribution in [0.1, 0.15) is 47.0 Å². The second-order valence-corrected chi connectivity index (χ2v) is 5.53. The lowest BCUT2D eigenvalue weighted by Crippen LogP contribution is -2.16. The highest BCUT2D eigenvalue weighted by Crippen LogP contribution is 2.35. The van der Waals surface area contributed by atoms with Crippen LogP contribution in [0, 0.1) is 25.2 Å². The van der Waals surface area contributed by atoms with Gasteiger partial charge in [0.2, 0.25) is 0 Å². The van der Waals surface area contributed by atoms with Crippen molar-refractivity contribution in [1.29, 1.82) is 5.26 Å². The minimum Gasteiger partial charge on any atom is -0.484 e. The summed E-state index contributed by atoms with van der Waals surface area (Å²) in [5, 5.41) is 9.34. The molecule has 1 aromatic heterocycles. The van der Waals surface area contributed by atoms with Crippen molar-refractivity contribution in [1.82, 2.24) is 4.98 Å². The molecule has 1 aromatic carbocycles. The van der Waals surface area contributed by atoms with E-state index < -0.39 is 0 Å². The molecule has 0 fully saturated rings. The maximum Gasteiger partial charge on any atom is 0.141 e. The van der Waals surface area contributed by atoms with Gasteiger partial charge < -0.3 is 4.74 Å². The van der Waals surface area contributed by atoms with Gasteiger partial charge in [-0.05, 0) is 44.2 Å². The fourth-order valence-electron chi connectivity index (χ4n) is 3.01. The molecule has 106 valence electrons. The molecule has 0 saturated carbocycles. The summed E-state index contributed by atoms with van der Waals surface area (Å²) in [6, 6.07) is 12.5. The highest BCUT2D eigenvalue weighted by atomic mass is 16.5. The van der Waals surface area contributed by atoms with Gasteiger partial charge in [0.15, 0.2) is 0 Å². The predicted molar refractivity (Wildman–Crippen MR) is 81.2 cm³/mol. The Morgan fingerprint density at radius 2 is 2.10 bits per heavy atom. The Hall–Kier alpha value is -2.34. The van der Waals surface area contributed by atoms with Gasteiger partial charge in [-0.3, -0.25) is 4.98 Å². The smallest absolute Gasteiger partial charge is 0.141 e. The van der Waals surface area contributed by atoms with E-state index in [1.807, 2.05) is 19.9 Å². The first-order valence-electron chi connectivity index (χ1n) is 7.32. The minimum atomic E-state index is 0.0308. The Balaban J connectivity index is 1.97. The van der Waals surface area contributed by atoms with Crippen LogP contribution >= 0.6 is 0 Å². The van der Waals surface area contributed by atoms with Gasteiger partial charge in [-0.2, -0.15) is 5.26 Å². The number of nitrogens with zero attached hydrogens (tertiary/aromatic N) is 2. The molecule has 0 N–H and O–H groups in total. The fourth-order valence-corrected chi connectivity index (χ4v) is 3.01. The van der Waals surface area contributed by atoms with E-state index in [0.717, 1.165) is 30.7 Å². The van der Waals surface area contributed by atoms with Crippen molar-refractivity contribution in [3.05, 3.63) is 58.4 Å². The van der Waals surface area contributed by atoms with E-state index in [-0.39, 0.29) is 6.10 Å². The number of fused-ring (bicyclic) bond motifs is 1. The van der Waals surface area contributed by atoms with Gasteiger partial charge in [-0.25, -0.2) is 0 Å². The summed E-state index contributed by atoms with van der Waals surface area (Å²) >= 11 is 0. The first kappa shape index (κ1) is 13.6. The molecule has 0 saturated heterocycles. The average molecular weight is 278 g/mol. The second-order valence-electron chi connectivity index (χ2n) is 5.53. The van der Waals surface area contributed by atoms with Crippen LogP contribution in [-0.2, 0) is 6.42 Å². The summed E-state index contributed by atoms with van der Waals surface area (Å²) in [6.45, 7) is 3.78. The number of benzene rings is 1. The van der Waals surface area contributed by atoms with Crippen LogP contribution in [0.2, 0.25) is 0 Å². The van der Waals surface area contributed by atoms with E-state index in [1.54, 1.807) is 0 Å². The van der Waals surface area contributed by atoms with Crippen LogP contribution in [-0.4, -0.2) is 4.98 Å². The van der Waals surface area contributed by atoms with Gasteiger partial charge in [0.05, 0.1) is 5.69 Å². The summed E-state index contributed by atoms with van der Waals surface area (Å²) in [5.74, 6) is 0.657. The van der Waals surface area contributed by atoms with Gasteiger partial charge >= 0.3 is 0 Å². The molecule has 1 unspecified atom stereocenters. The Morgan fingerprint density at radius 1 is 1.29 bits per heavy atom. The highest BCUT2D eigenvalue weighted by Gasteiger charge is 2.23. The van der Waals surface area contributed by atoms with Crippen molar-refractivity contribution < 1.29 is 4.74 Å². The maximum absolute atomic E-state index is 9.34. The molecule has 2 aromatic rings. The fraction of sp³-hybridized carbons (Fsp3) is 0.333. The molecule has 0 spiro atoms. The normalized spacial score (nSPS) is 16.9. The molecule has 0 bridgehead atoms. The van der Waals surface area contributed by atoms with E-state index in [1.165, 1.54) is 11.1 Å². The van der Waals surface area contributed by atoms with Gasteiger partial charge in [-0.1, -0.05) is 24.3 Å². The lowest BCUT2D eigenvalue weighted by atomic mass is 9.89. The molecule has 3 rings (SSSR count). The lowest BCUT2D eigenvalue weighted by molar-refractivity contribution is 0.182. The Morgan fingerprint density at radius 3 is 2.90 bits per heavy atom. The molecule has 0 radical (unpaired) electrons. The largest absolute Gasteiger partial charge is 0.484 e. The van der Waals surface area contributed by atoms with Crippen LogP contribution < -0.4 is 4.74 Å². The van der Waals surface area contributed by atoms with E-state index in [9.17, 15) is 5.26 Å². The van der Waals surface area contributed by atoms with E-state index in [2.05, 4.69) is 35.3 Å². The molecule has 1 heterocycles.